The molecule has 1 amide bonds. The first-order valence-electron chi connectivity index (χ1n) is 8.78. The van der Waals surface area contributed by atoms with Crippen LogP contribution in [0.3, 0.4) is 0 Å². The number of ether oxygens (including phenoxy) is 3. The fourth-order valence-electron chi connectivity index (χ4n) is 2.61. The van der Waals surface area contributed by atoms with E-state index in [1.807, 2.05) is 0 Å². The molecule has 150 valence electrons. The number of ketones is 1. The Bertz CT molecular complexity index is 963. The zero-order valence-electron chi connectivity index (χ0n) is 15.6. The van der Waals surface area contributed by atoms with Crippen molar-refractivity contribution in [3.63, 3.8) is 0 Å². The van der Waals surface area contributed by atoms with Crippen molar-refractivity contribution in [2.75, 3.05) is 20.3 Å². The number of fused-ring (bicyclic) bond motifs is 1. The predicted molar refractivity (Wildman–Crippen MR) is 101 cm³/mol. The van der Waals surface area contributed by atoms with E-state index < -0.39 is 11.9 Å². The molecule has 0 atom stereocenters. The lowest BCUT2D eigenvalue weighted by molar-refractivity contribution is -0.305. The van der Waals surface area contributed by atoms with Crippen molar-refractivity contribution in [3.8, 4) is 17.2 Å². The second-order valence-corrected chi connectivity index (χ2v) is 6.13. The van der Waals surface area contributed by atoms with Gasteiger partial charge in [0.15, 0.2) is 12.4 Å². The second-order valence-electron chi connectivity index (χ2n) is 6.13. The highest BCUT2D eigenvalue weighted by Gasteiger charge is 2.27. The monoisotopic (exact) mass is 396 g/mol. The third-order valence-corrected chi connectivity index (χ3v) is 4.08. The van der Waals surface area contributed by atoms with Gasteiger partial charge >= 0.3 is 0 Å². The van der Waals surface area contributed by atoms with Gasteiger partial charge in [-0.25, -0.2) is 0 Å². The van der Waals surface area contributed by atoms with E-state index in [9.17, 15) is 19.5 Å². The maximum Gasteiger partial charge on any atom is 0.257 e. The quantitative estimate of drug-likeness (QED) is 0.661. The largest absolute Gasteiger partial charge is 0.550 e. The number of rotatable bonds is 8. The lowest BCUT2D eigenvalue weighted by atomic mass is 10.1. The lowest BCUT2D eigenvalue weighted by Gasteiger charge is -2.08. The van der Waals surface area contributed by atoms with E-state index in [0.717, 1.165) is 5.56 Å². The molecule has 2 aromatic rings. The van der Waals surface area contributed by atoms with Crippen LogP contribution in [0.4, 0.5) is 0 Å². The fraction of sp³-hybridized carbons (Fsp3) is 0.190. The number of aliphatic carboxylic acids is 1. The van der Waals surface area contributed by atoms with Crippen LogP contribution in [0.5, 0.6) is 17.2 Å². The number of benzene rings is 2. The summed E-state index contributed by atoms with van der Waals surface area (Å²) < 4.78 is 16.1. The molecule has 8 nitrogen and oxygen atoms in total. The highest BCUT2D eigenvalue weighted by molar-refractivity contribution is 6.14. The summed E-state index contributed by atoms with van der Waals surface area (Å²) in [5.41, 5.74) is 1.18. The van der Waals surface area contributed by atoms with Crippen LogP contribution in [0.25, 0.3) is 6.08 Å². The summed E-state index contributed by atoms with van der Waals surface area (Å²) in [7, 11) is 1.57. The van der Waals surface area contributed by atoms with E-state index in [0.29, 0.717) is 22.8 Å². The molecular weight excluding hydrogens is 378 g/mol. The van der Waals surface area contributed by atoms with Crippen molar-refractivity contribution in [2.45, 2.75) is 6.42 Å². The average Bonchev–Trinajstić information content (AvgIpc) is 3.01. The fourth-order valence-corrected chi connectivity index (χ4v) is 2.61. The highest BCUT2D eigenvalue weighted by atomic mass is 16.5. The average molecular weight is 396 g/mol. The highest BCUT2D eigenvalue weighted by Crippen LogP contribution is 2.35. The topological polar surface area (TPSA) is 114 Å². The number of carbonyl (C=O) groups is 3. The molecule has 0 fully saturated rings. The van der Waals surface area contributed by atoms with Gasteiger partial charge in [0, 0.05) is 25.0 Å². The molecular formula is C21H18NO7-. The minimum Gasteiger partial charge on any atom is -0.550 e. The lowest BCUT2D eigenvalue weighted by Crippen LogP contribution is -2.33. The van der Waals surface area contributed by atoms with E-state index in [-0.39, 0.29) is 31.1 Å². The molecule has 3 rings (SSSR count). The molecule has 1 N–H and O–H groups in total. The number of carboxylic acids is 1. The van der Waals surface area contributed by atoms with Gasteiger partial charge in [0.2, 0.25) is 5.78 Å². The van der Waals surface area contributed by atoms with Crippen molar-refractivity contribution in [1.29, 1.82) is 0 Å². The SMILES string of the molecule is COc1ccc(/C=C2/Oc3cc(OCC(=O)NCCC(=O)[O-])ccc3C2=O)cc1. The number of methoxy groups -OCH3 is 1. The molecule has 8 heteroatoms. The normalized spacial score (nSPS) is 13.6. The molecule has 1 aliphatic rings. The summed E-state index contributed by atoms with van der Waals surface area (Å²) in [6, 6.07) is 11.8. The molecule has 0 saturated heterocycles. The summed E-state index contributed by atoms with van der Waals surface area (Å²) in [4.78, 5) is 34.5. The molecule has 0 aromatic heterocycles. The molecule has 0 radical (unpaired) electrons. The zero-order valence-corrected chi connectivity index (χ0v) is 15.6. The Labute approximate surface area is 166 Å². The van der Waals surface area contributed by atoms with Crippen molar-refractivity contribution >= 4 is 23.7 Å². The van der Waals surface area contributed by atoms with Gasteiger partial charge in [0.05, 0.1) is 12.7 Å². The van der Waals surface area contributed by atoms with Crippen LogP contribution < -0.4 is 24.6 Å². The second kappa shape index (κ2) is 8.92. The maximum absolute atomic E-state index is 12.5. The molecule has 0 saturated carbocycles. The Kier molecular flexibility index (Phi) is 6.13. The van der Waals surface area contributed by atoms with Gasteiger partial charge in [-0.2, -0.15) is 0 Å². The molecule has 1 aliphatic heterocycles. The number of hydrogen-bond acceptors (Lipinski definition) is 7. The van der Waals surface area contributed by atoms with E-state index in [4.69, 9.17) is 14.2 Å². The number of allylic oxidation sites excluding steroid dienone is 1. The number of amides is 1. The third-order valence-electron chi connectivity index (χ3n) is 4.08. The number of carboxylic acid groups (broad SMARTS) is 1. The van der Waals surface area contributed by atoms with Crippen molar-refractivity contribution < 1.29 is 33.7 Å². The van der Waals surface area contributed by atoms with Gasteiger partial charge in [0.25, 0.3) is 5.91 Å². The van der Waals surface area contributed by atoms with Gasteiger partial charge in [-0.15, -0.1) is 0 Å². The van der Waals surface area contributed by atoms with Crippen LogP contribution in [-0.4, -0.2) is 37.9 Å². The summed E-state index contributed by atoms with van der Waals surface area (Å²) in [6.07, 6.45) is 1.36. The predicted octanol–water partition coefficient (Wildman–Crippen LogP) is 0.946. The van der Waals surface area contributed by atoms with Crippen molar-refractivity contribution in [3.05, 3.63) is 59.4 Å². The van der Waals surface area contributed by atoms with Crippen LogP contribution in [-0.2, 0) is 9.59 Å². The Morgan fingerprint density at radius 1 is 1.14 bits per heavy atom. The number of carbonyl (C=O) groups excluding carboxylic acids is 3. The van der Waals surface area contributed by atoms with Crippen molar-refractivity contribution in [1.82, 2.24) is 5.32 Å². The molecule has 29 heavy (non-hydrogen) atoms. The summed E-state index contributed by atoms with van der Waals surface area (Å²) >= 11 is 0. The van der Waals surface area contributed by atoms with Crippen LogP contribution in [0.1, 0.15) is 22.3 Å². The third kappa shape index (κ3) is 5.13. The van der Waals surface area contributed by atoms with Crippen LogP contribution >= 0.6 is 0 Å². The Morgan fingerprint density at radius 2 is 1.86 bits per heavy atom. The van der Waals surface area contributed by atoms with Crippen LogP contribution in [0.2, 0.25) is 0 Å². The number of hydrogen-bond donors (Lipinski definition) is 1. The summed E-state index contributed by atoms with van der Waals surface area (Å²) in [5, 5.41) is 12.7. The van der Waals surface area contributed by atoms with Gasteiger partial charge in [-0.05, 0) is 35.9 Å². The first-order chi connectivity index (χ1) is 14.0. The Morgan fingerprint density at radius 3 is 2.55 bits per heavy atom. The molecule has 1 heterocycles. The van der Waals surface area contributed by atoms with Crippen LogP contribution in [0, 0.1) is 0 Å². The maximum atomic E-state index is 12.5. The van der Waals surface area contributed by atoms with E-state index in [1.165, 1.54) is 6.07 Å². The molecule has 0 spiro atoms. The first kappa shape index (κ1) is 19.9. The van der Waals surface area contributed by atoms with E-state index in [1.54, 1.807) is 49.6 Å². The van der Waals surface area contributed by atoms with Gasteiger partial charge in [-0.3, -0.25) is 9.59 Å². The number of Topliss-reactive ketones (excluding diaryl/α,β-unsaturated/α-hetero) is 1. The zero-order chi connectivity index (χ0) is 20.8. The Balaban J connectivity index is 1.62. The smallest absolute Gasteiger partial charge is 0.257 e. The van der Waals surface area contributed by atoms with Gasteiger partial charge < -0.3 is 29.4 Å². The minimum absolute atomic E-state index is 0.0359. The van der Waals surface area contributed by atoms with E-state index >= 15 is 0 Å². The molecule has 0 aliphatic carbocycles. The Hall–Kier alpha value is -3.81. The van der Waals surface area contributed by atoms with E-state index in [2.05, 4.69) is 5.32 Å². The van der Waals surface area contributed by atoms with Crippen LogP contribution in [0.15, 0.2) is 48.2 Å². The first-order valence-corrected chi connectivity index (χ1v) is 8.78. The number of nitrogens with one attached hydrogen (secondary N) is 1. The van der Waals surface area contributed by atoms with Gasteiger partial charge in [-0.1, -0.05) is 12.1 Å². The molecule has 2 aromatic carbocycles. The summed E-state index contributed by atoms with van der Waals surface area (Å²) in [5.74, 6) is -0.389. The van der Waals surface area contributed by atoms with Crippen molar-refractivity contribution in [2.24, 2.45) is 0 Å². The minimum atomic E-state index is -1.25. The molecule has 0 bridgehead atoms. The summed E-state index contributed by atoms with van der Waals surface area (Å²) in [6.45, 7) is -0.333. The van der Waals surface area contributed by atoms with Gasteiger partial charge in [0.1, 0.15) is 17.2 Å². The standard InChI is InChI=1S/C21H19NO7/c1-27-14-4-2-13(3-5-14)10-18-21(26)16-7-6-15(11-17(16)29-18)28-12-19(23)22-9-8-20(24)25/h2-7,10-11H,8-9,12H2,1H3,(H,22,23)(H,24,25)/p-1/b18-10+. The molecule has 0 unspecified atom stereocenters.